The zero-order valence-electron chi connectivity index (χ0n) is 19.4. The zero-order valence-corrected chi connectivity index (χ0v) is 19.4. The summed E-state index contributed by atoms with van der Waals surface area (Å²) < 4.78 is 20.4. The molecule has 180 valence electrons. The van der Waals surface area contributed by atoms with Gasteiger partial charge in [-0.2, -0.15) is 0 Å². The number of carbonyl (C=O) groups is 4. The topological polar surface area (TPSA) is 105 Å². The van der Waals surface area contributed by atoms with E-state index in [0.717, 1.165) is 0 Å². The van der Waals surface area contributed by atoms with Crippen LogP contribution in [0.25, 0.3) is 5.57 Å². The number of allylic oxidation sites excluding steroid dienone is 2. The molecule has 0 atom stereocenters. The Bertz CT molecular complexity index is 1040. The van der Waals surface area contributed by atoms with Crippen molar-refractivity contribution in [3.8, 4) is 0 Å². The minimum absolute atomic E-state index is 0.0946. The van der Waals surface area contributed by atoms with Crippen LogP contribution in [0, 0.1) is 0 Å². The second-order valence-corrected chi connectivity index (χ2v) is 7.48. The molecule has 0 saturated carbocycles. The molecule has 0 aliphatic heterocycles. The van der Waals surface area contributed by atoms with Gasteiger partial charge in [0.15, 0.2) is 0 Å². The third-order valence-electron chi connectivity index (χ3n) is 4.66. The summed E-state index contributed by atoms with van der Waals surface area (Å²) in [5, 5.41) is 0. The molecule has 34 heavy (non-hydrogen) atoms. The molecule has 8 nitrogen and oxygen atoms in total. The highest BCUT2D eigenvalue weighted by Gasteiger charge is 2.23. The van der Waals surface area contributed by atoms with E-state index in [1.54, 1.807) is 30.3 Å². The molecule has 0 saturated heterocycles. The Labute approximate surface area is 198 Å². The van der Waals surface area contributed by atoms with E-state index >= 15 is 0 Å². The summed E-state index contributed by atoms with van der Waals surface area (Å²) in [6.07, 6.45) is 4.70. The zero-order chi connectivity index (χ0) is 25.1. The third kappa shape index (κ3) is 7.58. The van der Waals surface area contributed by atoms with Gasteiger partial charge in [0.05, 0.1) is 11.1 Å². The molecule has 0 unspecified atom stereocenters. The van der Waals surface area contributed by atoms with Gasteiger partial charge in [0.25, 0.3) is 0 Å². The van der Waals surface area contributed by atoms with Crippen molar-refractivity contribution < 1.29 is 38.1 Å². The number of ether oxygens (including phenoxy) is 4. The van der Waals surface area contributed by atoms with Gasteiger partial charge in [-0.1, -0.05) is 43.5 Å². The molecule has 0 aromatic heterocycles. The van der Waals surface area contributed by atoms with Crippen molar-refractivity contribution in [1.82, 2.24) is 0 Å². The molecular weight excluding hydrogens is 440 g/mol. The summed E-state index contributed by atoms with van der Waals surface area (Å²) in [6.45, 7) is 9.58. The van der Waals surface area contributed by atoms with Crippen molar-refractivity contribution >= 4 is 29.5 Å². The standard InChI is InChI=1S/C26H28O8/c1-17(2)23(27)31-13-15-33-25(29)21-11-7-5-9-19(21)20-10-6-8-12-22(20)26(30)34-16-14-32-24(28)18(3)4/h5,7-9,11-12H,1,3,6,10,13-16H2,2,4H3. The van der Waals surface area contributed by atoms with E-state index < -0.39 is 23.9 Å². The SMILES string of the molecule is C=C(C)C(=O)OCCOC(=O)C1=C(c2ccccc2C(=O)OCCOC(=O)C(=C)C)CCC=C1. The smallest absolute Gasteiger partial charge is 0.338 e. The van der Waals surface area contributed by atoms with Gasteiger partial charge < -0.3 is 18.9 Å². The van der Waals surface area contributed by atoms with Crippen LogP contribution in [-0.4, -0.2) is 50.3 Å². The summed E-state index contributed by atoms with van der Waals surface area (Å²) in [6, 6.07) is 6.78. The molecule has 1 aliphatic carbocycles. The molecule has 0 fully saturated rings. The van der Waals surface area contributed by atoms with Crippen molar-refractivity contribution in [2.24, 2.45) is 0 Å². The minimum Gasteiger partial charge on any atom is -0.459 e. The second kappa shape index (κ2) is 12.9. The van der Waals surface area contributed by atoms with Crippen LogP contribution in [0.3, 0.4) is 0 Å². The molecule has 0 heterocycles. The summed E-state index contributed by atoms with van der Waals surface area (Å²) in [5.74, 6) is -2.32. The molecule has 1 aliphatic rings. The van der Waals surface area contributed by atoms with Gasteiger partial charge in [0, 0.05) is 11.1 Å². The highest BCUT2D eigenvalue weighted by Crippen LogP contribution is 2.31. The average Bonchev–Trinajstić information content (AvgIpc) is 2.83. The first-order valence-corrected chi connectivity index (χ1v) is 10.7. The number of hydrogen-bond donors (Lipinski definition) is 0. The molecule has 0 N–H and O–H groups in total. The van der Waals surface area contributed by atoms with Crippen LogP contribution in [0.1, 0.15) is 42.6 Å². The molecule has 1 aromatic rings. The minimum atomic E-state index is -0.608. The van der Waals surface area contributed by atoms with Crippen LogP contribution >= 0.6 is 0 Å². The van der Waals surface area contributed by atoms with Crippen LogP contribution in [0.4, 0.5) is 0 Å². The number of rotatable bonds is 11. The average molecular weight is 469 g/mol. The number of hydrogen-bond acceptors (Lipinski definition) is 8. The largest absolute Gasteiger partial charge is 0.459 e. The van der Waals surface area contributed by atoms with Gasteiger partial charge in [-0.3, -0.25) is 0 Å². The highest BCUT2D eigenvalue weighted by atomic mass is 16.6. The van der Waals surface area contributed by atoms with Crippen molar-refractivity contribution in [2.45, 2.75) is 26.7 Å². The van der Waals surface area contributed by atoms with Crippen LogP contribution < -0.4 is 0 Å². The number of benzene rings is 1. The van der Waals surface area contributed by atoms with Crippen LogP contribution in [-0.2, 0) is 33.3 Å². The Balaban J connectivity index is 2.10. The summed E-state index contributed by atoms with van der Waals surface area (Å²) in [4.78, 5) is 48.3. The summed E-state index contributed by atoms with van der Waals surface area (Å²) >= 11 is 0. The second-order valence-electron chi connectivity index (χ2n) is 7.48. The fourth-order valence-corrected chi connectivity index (χ4v) is 3.00. The van der Waals surface area contributed by atoms with Crippen LogP contribution in [0.5, 0.6) is 0 Å². The lowest BCUT2D eigenvalue weighted by Gasteiger charge is -2.18. The van der Waals surface area contributed by atoms with E-state index in [-0.39, 0.29) is 43.1 Å². The molecule has 2 rings (SSSR count). The van der Waals surface area contributed by atoms with Gasteiger partial charge in [0.2, 0.25) is 0 Å². The van der Waals surface area contributed by atoms with Gasteiger partial charge in [-0.15, -0.1) is 0 Å². The molecule has 0 spiro atoms. The van der Waals surface area contributed by atoms with Crippen molar-refractivity contribution in [3.05, 3.63) is 77.4 Å². The molecular formula is C26H28O8. The summed E-state index contributed by atoms with van der Waals surface area (Å²) in [7, 11) is 0. The van der Waals surface area contributed by atoms with Gasteiger partial charge in [0.1, 0.15) is 26.4 Å². The van der Waals surface area contributed by atoms with E-state index in [9.17, 15) is 19.2 Å². The molecule has 1 aromatic carbocycles. The molecule has 0 radical (unpaired) electrons. The van der Waals surface area contributed by atoms with Gasteiger partial charge in [-0.05, 0) is 43.9 Å². The lowest BCUT2D eigenvalue weighted by atomic mass is 9.89. The quantitative estimate of drug-likeness (QED) is 0.209. The predicted molar refractivity (Wildman–Crippen MR) is 125 cm³/mol. The maximum Gasteiger partial charge on any atom is 0.338 e. The van der Waals surface area contributed by atoms with E-state index in [4.69, 9.17) is 18.9 Å². The lowest BCUT2D eigenvalue weighted by Crippen LogP contribution is -2.17. The Kier molecular flexibility index (Phi) is 10.0. The Morgan fingerprint density at radius 2 is 1.32 bits per heavy atom. The Morgan fingerprint density at radius 3 is 1.91 bits per heavy atom. The van der Waals surface area contributed by atoms with Gasteiger partial charge in [-0.25, -0.2) is 19.2 Å². The maximum atomic E-state index is 12.7. The van der Waals surface area contributed by atoms with Crippen molar-refractivity contribution in [2.75, 3.05) is 26.4 Å². The predicted octanol–water partition coefficient (Wildman–Crippen LogP) is 3.73. The van der Waals surface area contributed by atoms with Crippen LogP contribution in [0.15, 0.2) is 66.3 Å². The normalized spacial score (nSPS) is 12.5. The van der Waals surface area contributed by atoms with E-state index in [1.807, 2.05) is 6.08 Å². The fourth-order valence-electron chi connectivity index (χ4n) is 3.00. The Morgan fingerprint density at radius 1 is 0.794 bits per heavy atom. The lowest BCUT2D eigenvalue weighted by molar-refractivity contribution is -0.147. The molecule has 0 amide bonds. The van der Waals surface area contributed by atoms with E-state index in [2.05, 4.69) is 13.2 Å². The summed E-state index contributed by atoms with van der Waals surface area (Å²) in [5.41, 5.74) is 2.29. The third-order valence-corrected chi connectivity index (χ3v) is 4.66. The number of carbonyl (C=O) groups excluding carboxylic acids is 4. The van der Waals surface area contributed by atoms with Crippen LogP contribution in [0.2, 0.25) is 0 Å². The first kappa shape index (κ1) is 26.3. The first-order chi connectivity index (χ1) is 16.2. The van der Waals surface area contributed by atoms with E-state index in [1.165, 1.54) is 13.8 Å². The molecule has 0 bridgehead atoms. The van der Waals surface area contributed by atoms with Gasteiger partial charge >= 0.3 is 23.9 Å². The number of esters is 4. The first-order valence-electron chi connectivity index (χ1n) is 10.7. The van der Waals surface area contributed by atoms with Crippen molar-refractivity contribution in [1.29, 1.82) is 0 Å². The molecule has 8 heteroatoms. The monoisotopic (exact) mass is 468 g/mol. The Hall–Kier alpha value is -3.94. The highest BCUT2D eigenvalue weighted by molar-refractivity contribution is 6.04. The maximum absolute atomic E-state index is 12.7. The van der Waals surface area contributed by atoms with Crippen molar-refractivity contribution in [3.63, 3.8) is 0 Å². The van der Waals surface area contributed by atoms with E-state index in [0.29, 0.717) is 29.6 Å². The fraction of sp³-hybridized carbons (Fsp3) is 0.308.